The fraction of sp³-hybridized carbons (Fsp3) is 1.00. The fourth-order valence-corrected chi connectivity index (χ4v) is 10.1. The third kappa shape index (κ3) is 5.17. The lowest BCUT2D eigenvalue weighted by Gasteiger charge is -2.50. The minimum absolute atomic E-state index is 0.154. The van der Waals surface area contributed by atoms with Gasteiger partial charge in [0.25, 0.3) is 0 Å². The van der Waals surface area contributed by atoms with Crippen molar-refractivity contribution in [3.63, 3.8) is 0 Å². The lowest BCUT2D eigenvalue weighted by atomic mass is 9.69. The van der Waals surface area contributed by atoms with E-state index in [9.17, 15) is 5.11 Å². The third-order valence-electron chi connectivity index (χ3n) is 8.94. The van der Waals surface area contributed by atoms with Crippen LogP contribution in [0.15, 0.2) is 0 Å². The van der Waals surface area contributed by atoms with Gasteiger partial charge in [0.05, 0.1) is 5.34 Å². The first-order valence-electron chi connectivity index (χ1n) is 12.8. The summed E-state index contributed by atoms with van der Waals surface area (Å²) < 4.78 is 0. The van der Waals surface area contributed by atoms with Gasteiger partial charge in [-0.1, -0.05) is 107 Å². The smallest absolute Gasteiger partial charge is 0.0895 e. The lowest BCUT2D eigenvalue weighted by Crippen LogP contribution is -2.46. The fourth-order valence-electron chi connectivity index (χ4n) is 6.36. The first kappa shape index (κ1) is 24.7. The summed E-state index contributed by atoms with van der Waals surface area (Å²) in [5.41, 5.74) is 0.478. The van der Waals surface area contributed by atoms with Gasteiger partial charge < -0.3 is 5.11 Å². The quantitative estimate of drug-likeness (QED) is 0.211. The molecule has 2 aliphatic carbocycles. The Balaban J connectivity index is 1.93. The molecule has 2 fully saturated rings. The molecule has 0 aromatic carbocycles. The molecule has 0 heterocycles. The van der Waals surface area contributed by atoms with Gasteiger partial charge in [-0.05, 0) is 55.8 Å². The van der Waals surface area contributed by atoms with Crippen molar-refractivity contribution >= 4 is 7.92 Å². The molecule has 2 bridgehead atoms. The second-order valence-corrected chi connectivity index (χ2v) is 13.5. The van der Waals surface area contributed by atoms with Crippen LogP contribution in [-0.2, 0) is 0 Å². The average Bonchev–Trinajstić information content (AvgIpc) is 2.97. The number of rotatable bonds is 15. The van der Waals surface area contributed by atoms with Crippen molar-refractivity contribution in [2.45, 2.75) is 136 Å². The molecule has 0 saturated heterocycles. The van der Waals surface area contributed by atoms with Crippen LogP contribution in [0.1, 0.15) is 131 Å². The summed E-state index contributed by atoms with van der Waals surface area (Å²) in [5, 5.41) is 11.8. The number of fused-ring (bicyclic) bond motifs is 2. The summed E-state index contributed by atoms with van der Waals surface area (Å²) >= 11 is 0. The second kappa shape index (κ2) is 11.1. The molecule has 0 radical (unpaired) electrons. The Hall–Kier alpha value is 0.390. The highest BCUT2D eigenvalue weighted by Gasteiger charge is 2.69. The molecule has 0 aromatic heterocycles. The highest BCUT2D eigenvalue weighted by atomic mass is 31.1. The van der Waals surface area contributed by atoms with Gasteiger partial charge in [-0.2, -0.15) is 0 Å². The van der Waals surface area contributed by atoms with E-state index in [0.717, 1.165) is 12.3 Å². The van der Waals surface area contributed by atoms with E-state index in [1.165, 1.54) is 102 Å². The van der Waals surface area contributed by atoms with E-state index in [2.05, 4.69) is 34.6 Å². The van der Waals surface area contributed by atoms with Crippen LogP contribution < -0.4 is 0 Å². The summed E-state index contributed by atoms with van der Waals surface area (Å²) in [7, 11) is -0.259. The molecule has 2 aliphatic rings. The van der Waals surface area contributed by atoms with Crippen LogP contribution in [0.3, 0.4) is 0 Å². The van der Waals surface area contributed by atoms with Crippen LogP contribution in [-0.4, -0.2) is 22.8 Å². The molecule has 3 atom stereocenters. The monoisotopic (exact) mass is 410 g/mol. The third-order valence-corrected chi connectivity index (χ3v) is 12.4. The van der Waals surface area contributed by atoms with Crippen LogP contribution in [0.2, 0.25) is 0 Å². The van der Waals surface area contributed by atoms with Gasteiger partial charge in [0.1, 0.15) is 0 Å². The summed E-state index contributed by atoms with van der Waals surface area (Å²) in [5.74, 6) is 0.751. The minimum atomic E-state index is -0.346. The highest BCUT2D eigenvalue weighted by Crippen LogP contribution is 2.77. The minimum Gasteiger partial charge on any atom is -0.385 e. The van der Waals surface area contributed by atoms with Gasteiger partial charge in [0.2, 0.25) is 0 Å². The van der Waals surface area contributed by atoms with Crippen LogP contribution >= 0.6 is 7.92 Å². The van der Waals surface area contributed by atoms with Crippen molar-refractivity contribution in [1.82, 2.24) is 0 Å². The molecule has 28 heavy (non-hydrogen) atoms. The Labute approximate surface area is 178 Å². The molecule has 3 unspecified atom stereocenters. The highest BCUT2D eigenvalue weighted by molar-refractivity contribution is 7.59. The molecule has 0 aliphatic heterocycles. The van der Waals surface area contributed by atoms with Crippen molar-refractivity contribution in [2.24, 2.45) is 16.7 Å². The van der Waals surface area contributed by atoms with Gasteiger partial charge in [-0.25, -0.2) is 0 Å². The Morgan fingerprint density at radius 1 is 0.750 bits per heavy atom. The van der Waals surface area contributed by atoms with E-state index >= 15 is 0 Å². The van der Waals surface area contributed by atoms with Crippen LogP contribution in [0.5, 0.6) is 0 Å². The van der Waals surface area contributed by atoms with Crippen LogP contribution in [0, 0.1) is 16.7 Å². The molecule has 0 amide bonds. The molecular weight excluding hydrogens is 359 g/mol. The zero-order chi connectivity index (χ0) is 20.7. The number of unbranched alkanes of at least 4 members (excludes halogenated alkanes) is 10. The largest absolute Gasteiger partial charge is 0.385 e. The van der Waals surface area contributed by atoms with Crippen molar-refractivity contribution in [3.05, 3.63) is 0 Å². The zero-order valence-corrected chi connectivity index (χ0v) is 20.9. The normalized spacial score (nSPS) is 31.2. The Morgan fingerprint density at radius 3 is 1.61 bits per heavy atom. The van der Waals surface area contributed by atoms with E-state index in [1.807, 2.05) is 0 Å². The number of hydrogen-bond donors (Lipinski definition) is 1. The van der Waals surface area contributed by atoms with Crippen molar-refractivity contribution in [3.8, 4) is 0 Å². The summed E-state index contributed by atoms with van der Waals surface area (Å²) in [4.78, 5) is 0. The molecule has 2 heteroatoms. The van der Waals surface area contributed by atoms with E-state index < -0.39 is 0 Å². The van der Waals surface area contributed by atoms with E-state index in [4.69, 9.17) is 0 Å². The molecule has 2 rings (SSSR count). The van der Waals surface area contributed by atoms with Crippen molar-refractivity contribution in [1.29, 1.82) is 0 Å². The lowest BCUT2D eigenvalue weighted by molar-refractivity contribution is -0.0215. The molecule has 0 aromatic rings. The van der Waals surface area contributed by atoms with E-state index in [-0.39, 0.29) is 18.7 Å². The standard InChI is InChI=1S/C26H51OP/c1-6-8-10-12-14-16-20-28(21-17-15-13-11-9-7-2)26(27)22-23-18-19-25(26,5)24(23,3)4/h23,27H,6-22H2,1-5H3. The van der Waals surface area contributed by atoms with Gasteiger partial charge in [0.15, 0.2) is 0 Å². The van der Waals surface area contributed by atoms with Gasteiger partial charge in [-0.3, -0.25) is 0 Å². The summed E-state index contributed by atoms with van der Waals surface area (Å²) in [6.07, 6.45) is 22.9. The van der Waals surface area contributed by atoms with Gasteiger partial charge >= 0.3 is 0 Å². The molecule has 1 nitrogen and oxygen atoms in total. The summed E-state index contributed by atoms with van der Waals surface area (Å²) in [6.45, 7) is 12.0. The predicted molar refractivity (Wildman–Crippen MR) is 128 cm³/mol. The molecule has 1 N–H and O–H groups in total. The molecule has 2 saturated carbocycles. The molecule has 166 valence electrons. The first-order chi connectivity index (χ1) is 13.3. The van der Waals surface area contributed by atoms with Crippen LogP contribution in [0.4, 0.5) is 0 Å². The van der Waals surface area contributed by atoms with Crippen LogP contribution in [0.25, 0.3) is 0 Å². The van der Waals surface area contributed by atoms with Gasteiger partial charge in [0, 0.05) is 5.41 Å². The maximum absolute atomic E-state index is 12.1. The van der Waals surface area contributed by atoms with E-state index in [0.29, 0.717) is 5.41 Å². The van der Waals surface area contributed by atoms with Crippen molar-refractivity contribution in [2.75, 3.05) is 12.3 Å². The number of aliphatic hydroxyl groups is 1. The zero-order valence-electron chi connectivity index (χ0n) is 20.0. The predicted octanol–water partition coefficient (Wildman–Crippen LogP) is 8.72. The maximum atomic E-state index is 12.1. The second-order valence-electron chi connectivity index (χ2n) is 10.8. The number of hydrogen-bond acceptors (Lipinski definition) is 1. The van der Waals surface area contributed by atoms with E-state index in [1.54, 1.807) is 0 Å². The average molecular weight is 411 g/mol. The maximum Gasteiger partial charge on any atom is 0.0895 e. The van der Waals surface area contributed by atoms with Gasteiger partial charge in [-0.15, -0.1) is 0 Å². The topological polar surface area (TPSA) is 20.2 Å². The molecule has 0 spiro atoms. The summed E-state index contributed by atoms with van der Waals surface area (Å²) in [6, 6.07) is 0. The molecular formula is C26H51OP. The SMILES string of the molecule is CCCCCCCCP(CCCCCCCC)C1(O)CC2CCC1(C)C2(C)C. The Bertz CT molecular complexity index is 432. The van der Waals surface area contributed by atoms with Crippen molar-refractivity contribution < 1.29 is 5.11 Å². The Kier molecular flexibility index (Phi) is 9.81. The first-order valence-corrected chi connectivity index (χ1v) is 14.5. The Morgan fingerprint density at radius 2 is 1.21 bits per heavy atom.